The number of rotatable bonds is 4. The van der Waals surface area contributed by atoms with Crippen molar-refractivity contribution < 1.29 is 22.8 Å². The van der Waals surface area contributed by atoms with Crippen molar-refractivity contribution in [2.45, 2.75) is 26.1 Å². The molecule has 104 valence electrons. The normalized spacial score (nSPS) is 11.2. The van der Waals surface area contributed by atoms with E-state index in [1.165, 1.54) is 0 Å². The molecule has 0 fully saturated rings. The zero-order chi connectivity index (χ0) is 14.8. The molecule has 0 unspecified atom stereocenters. The van der Waals surface area contributed by atoms with Gasteiger partial charge in [0.15, 0.2) is 17.3 Å². The molecule has 0 atom stereocenters. The molecule has 0 radical (unpaired) electrons. The van der Waals surface area contributed by atoms with Gasteiger partial charge in [0, 0.05) is 12.1 Å². The summed E-state index contributed by atoms with van der Waals surface area (Å²) < 4.78 is 40.1. The fraction of sp³-hybridized carbons (Fsp3) is 0.333. The number of amides is 2. The lowest BCUT2D eigenvalue weighted by molar-refractivity contribution is -0.130. The van der Waals surface area contributed by atoms with Gasteiger partial charge < -0.3 is 11.1 Å². The van der Waals surface area contributed by atoms with Crippen molar-refractivity contribution in [3.8, 4) is 0 Å². The van der Waals surface area contributed by atoms with Gasteiger partial charge in [-0.1, -0.05) is 6.07 Å². The fourth-order valence-electron chi connectivity index (χ4n) is 1.30. The van der Waals surface area contributed by atoms with Crippen LogP contribution in [0, 0.1) is 11.6 Å². The Bertz CT molecular complexity index is 524. The Balaban J connectivity index is 2.90. The van der Waals surface area contributed by atoms with Gasteiger partial charge in [0.1, 0.15) is 0 Å². The van der Waals surface area contributed by atoms with Crippen molar-refractivity contribution in [3.63, 3.8) is 0 Å². The van der Waals surface area contributed by atoms with Crippen LogP contribution in [0.3, 0.4) is 0 Å². The first-order chi connectivity index (χ1) is 8.64. The van der Waals surface area contributed by atoms with Crippen LogP contribution in [0.1, 0.15) is 29.8 Å². The zero-order valence-electron chi connectivity index (χ0n) is 10.4. The summed E-state index contributed by atoms with van der Waals surface area (Å²) in [5.74, 6) is -4.74. The lowest BCUT2D eigenvalue weighted by atomic mass is 10.1. The van der Waals surface area contributed by atoms with Crippen molar-refractivity contribution in [1.82, 2.24) is 5.32 Å². The molecular weight excluding hydrogens is 261 g/mol. The maximum Gasteiger partial charge on any atom is 0.257 e. The van der Waals surface area contributed by atoms with E-state index >= 15 is 0 Å². The van der Waals surface area contributed by atoms with Crippen molar-refractivity contribution in [2.24, 2.45) is 5.73 Å². The largest absolute Gasteiger partial charge is 0.366 e. The SMILES string of the molecule is CC(C)(F)C(=O)NCc1ccc(C(N)=O)c(F)c1F. The molecule has 7 heteroatoms. The molecule has 4 nitrogen and oxygen atoms in total. The molecule has 0 spiro atoms. The van der Waals surface area contributed by atoms with Crippen LogP contribution in [0.5, 0.6) is 0 Å². The van der Waals surface area contributed by atoms with E-state index in [9.17, 15) is 22.8 Å². The van der Waals surface area contributed by atoms with Crippen LogP contribution in [-0.2, 0) is 11.3 Å². The number of hydrogen-bond donors (Lipinski definition) is 2. The molecule has 0 aromatic heterocycles. The Morgan fingerprint density at radius 2 is 1.84 bits per heavy atom. The minimum Gasteiger partial charge on any atom is -0.366 e. The van der Waals surface area contributed by atoms with Crippen LogP contribution in [0.25, 0.3) is 0 Å². The Kier molecular flexibility index (Phi) is 4.18. The third-order valence-corrected chi connectivity index (χ3v) is 2.41. The molecule has 2 amide bonds. The van der Waals surface area contributed by atoms with Crippen LogP contribution in [0.4, 0.5) is 13.2 Å². The number of nitrogens with one attached hydrogen (secondary N) is 1. The van der Waals surface area contributed by atoms with Gasteiger partial charge in [-0.05, 0) is 19.9 Å². The van der Waals surface area contributed by atoms with Gasteiger partial charge in [0.25, 0.3) is 11.8 Å². The highest BCUT2D eigenvalue weighted by Gasteiger charge is 2.26. The summed E-state index contributed by atoms with van der Waals surface area (Å²) in [7, 11) is 0. The van der Waals surface area contributed by atoms with E-state index in [2.05, 4.69) is 5.32 Å². The summed E-state index contributed by atoms with van der Waals surface area (Å²) in [6.07, 6.45) is 0. The fourth-order valence-corrected chi connectivity index (χ4v) is 1.30. The number of carbonyl (C=O) groups excluding carboxylic acids is 2. The highest BCUT2D eigenvalue weighted by atomic mass is 19.2. The van der Waals surface area contributed by atoms with E-state index < -0.39 is 41.2 Å². The summed E-state index contributed by atoms with van der Waals surface area (Å²) >= 11 is 0. The van der Waals surface area contributed by atoms with Gasteiger partial charge >= 0.3 is 0 Å². The standard InChI is InChI=1S/C12H13F3N2O2/c1-12(2,15)11(19)17-5-6-3-4-7(10(16)18)9(14)8(6)13/h3-4H,5H2,1-2H3,(H2,16,18)(H,17,19). The molecule has 1 aromatic carbocycles. The molecule has 3 N–H and O–H groups in total. The van der Waals surface area contributed by atoms with E-state index in [0.717, 1.165) is 26.0 Å². The van der Waals surface area contributed by atoms with E-state index in [1.807, 2.05) is 0 Å². The summed E-state index contributed by atoms with van der Waals surface area (Å²) in [6.45, 7) is 1.68. The topological polar surface area (TPSA) is 72.2 Å². The molecule has 1 rings (SSSR count). The summed E-state index contributed by atoms with van der Waals surface area (Å²) in [4.78, 5) is 22.0. The van der Waals surface area contributed by atoms with Gasteiger partial charge in [-0.3, -0.25) is 9.59 Å². The Morgan fingerprint density at radius 1 is 1.26 bits per heavy atom. The lowest BCUT2D eigenvalue weighted by Gasteiger charge is -2.14. The molecule has 1 aromatic rings. The van der Waals surface area contributed by atoms with E-state index in [4.69, 9.17) is 5.73 Å². The Labute approximate surface area is 107 Å². The van der Waals surface area contributed by atoms with Gasteiger partial charge in [-0.2, -0.15) is 0 Å². The lowest BCUT2D eigenvalue weighted by Crippen LogP contribution is -2.38. The number of alkyl halides is 1. The predicted molar refractivity (Wildman–Crippen MR) is 61.9 cm³/mol. The third kappa shape index (κ3) is 3.46. The maximum atomic E-state index is 13.5. The molecule has 0 bridgehead atoms. The van der Waals surface area contributed by atoms with E-state index in [0.29, 0.717) is 0 Å². The second-order valence-corrected chi connectivity index (χ2v) is 4.42. The number of primary amides is 1. The van der Waals surface area contributed by atoms with Crippen LogP contribution in [-0.4, -0.2) is 17.5 Å². The predicted octanol–water partition coefficient (Wildman–Crippen LogP) is 1.43. The first-order valence-corrected chi connectivity index (χ1v) is 5.38. The second-order valence-electron chi connectivity index (χ2n) is 4.42. The number of nitrogens with two attached hydrogens (primary N) is 1. The number of halogens is 3. The van der Waals surface area contributed by atoms with Gasteiger partial charge in [0.05, 0.1) is 5.56 Å². The minimum atomic E-state index is -2.12. The minimum absolute atomic E-state index is 0.208. The van der Waals surface area contributed by atoms with E-state index in [-0.39, 0.29) is 5.56 Å². The van der Waals surface area contributed by atoms with Gasteiger partial charge in [0.2, 0.25) is 0 Å². The first kappa shape index (κ1) is 15.0. The molecule has 0 heterocycles. The van der Waals surface area contributed by atoms with Crippen LogP contribution in [0.2, 0.25) is 0 Å². The highest BCUT2D eigenvalue weighted by molar-refractivity contribution is 5.93. The highest BCUT2D eigenvalue weighted by Crippen LogP contribution is 2.16. The summed E-state index contributed by atoms with van der Waals surface area (Å²) in [5, 5.41) is 2.12. The van der Waals surface area contributed by atoms with Crippen LogP contribution >= 0.6 is 0 Å². The van der Waals surface area contributed by atoms with Crippen molar-refractivity contribution >= 4 is 11.8 Å². The molecule has 0 saturated heterocycles. The molecule has 0 aliphatic rings. The molecule has 19 heavy (non-hydrogen) atoms. The quantitative estimate of drug-likeness (QED) is 0.871. The number of benzene rings is 1. The van der Waals surface area contributed by atoms with Crippen molar-refractivity contribution in [2.75, 3.05) is 0 Å². The third-order valence-electron chi connectivity index (χ3n) is 2.41. The number of hydrogen-bond acceptors (Lipinski definition) is 2. The Morgan fingerprint density at radius 3 is 2.32 bits per heavy atom. The average Bonchev–Trinajstić information content (AvgIpc) is 2.28. The Hall–Kier alpha value is -2.05. The van der Waals surface area contributed by atoms with Crippen LogP contribution < -0.4 is 11.1 Å². The zero-order valence-corrected chi connectivity index (χ0v) is 10.4. The van der Waals surface area contributed by atoms with Crippen molar-refractivity contribution in [3.05, 3.63) is 34.9 Å². The number of carbonyl (C=O) groups is 2. The summed E-state index contributed by atoms with van der Waals surface area (Å²) in [5.41, 5.74) is 1.93. The van der Waals surface area contributed by atoms with Crippen LogP contribution in [0.15, 0.2) is 12.1 Å². The molecule has 0 aliphatic heterocycles. The first-order valence-electron chi connectivity index (χ1n) is 5.38. The second kappa shape index (κ2) is 5.29. The smallest absolute Gasteiger partial charge is 0.257 e. The maximum absolute atomic E-state index is 13.5. The average molecular weight is 274 g/mol. The molecular formula is C12H13F3N2O2. The van der Waals surface area contributed by atoms with Crippen molar-refractivity contribution in [1.29, 1.82) is 0 Å². The van der Waals surface area contributed by atoms with Gasteiger partial charge in [-0.25, -0.2) is 13.2 Å². The molecule has 0 aliphatic carbocycles. The monoisotopic (exact) mass is 274 g/mol. The van der Waals surface area contributed by atoms with Gasteiger partial charge in [-0.15, -0.1) is 0 Å². The summed E-state index contributed by atoms with van der Waals surface area (Å²) in [6, 6.07) is 2.10. The van der Waals surface area contributed by atoms with E-state index in [1.54, 1.807) is 0 Å². The molecule has 0 saturated carbocycles.